The normalized spacial score (nSPS) is 24.3. The van der Waals surface area contributed by atoms with Gasteiger partial charge < -0.3 is 19.5 Å². The molecule has 126 valence electrons. The molecule has 0 bridgehead atoms. The van der Waals surface area contributed by atoms with E-state index in [1.165, 1.54) is 0 Å². The highest BCUT2D eigenvalue weighted by Gasteiger charge is 2.45. The van der Waals surface area contributed by atoms with Crippen molar-refractivity contribution in [1.29, 1.82) is 0 Å². The van der Waals surface area contributed by atoms with Gasteiger partial charge in [-0.1, -0.05) is 29.8 Å². The third-order valence-corrected chi connectivity index (χ3v) is 5.31. The number of likely N-dealkylation sites (N-methyl/N-ethyl adjacent to an activating group) is 1. The molecule has 1 aromatic heterocycles. The zero-order chi connectivity index (χ0) is 16.9. The van der Waals surface area contributed by atoms with Crippen LogP contribution in [0.1, 0.15) is 16.9 Å². The van der Waals surface area contributed by atoms with Crippen LogP contribution in [0, 0.1) is 0 Å². The Hall–Kier alpha value is -2.05. The van der Waals surface area contributed by atoms with Crippen LogP contribution in [0.5, 0.6) is 0 Å². The number of fused-ring (bicyclic) bond motifs is 1. The van der Waals surface area contributed by atoms with Crippen LogP contribution >= 0.6 is 11.6 Å². The molecule has 1 aromatic carbocycles. The maximum Gasteiger partial charge on any atom is 0.271 e. The molecule has 24 heavy (non-hydrogen) atoms. The number of rotatable bonds is 1. The van der Waals surface area contributed by atoms with Gasteiger partial charge in [-0.2, -0.15) is 0 Å². The lowest BCUT2D eigenvalue weighted by molar-refractivity contribution is -0.158. The van der Waals surface area contributed by atoms with Crippen molar-refractivity contribution in [1.82, 2.24) is 14.8 Å². The average Bonchev–Trinajstić information content (AvgIpc) is 3.14. The molecule has 2 saturated heterocycles. The molecule has 1 atom stereocenters. The number of nitrogens with one attached hydrogen (secondary N) is 1. The molecule has 0 saturated carbocycles. The van der Waals surface area contributed by atoms with Gasteiger partial charge >= 0.3 is 0 Å². The number of para-hydroxylation sites is 1. The Bertz CT molecular complexity index is 834. The van der Waals surface area contributed by atoms with E-state index in [2.05, 4.69) is 4.98 Å². The summed E-state index contributed by atoms with van der Waals surface area (Å²) in [6.07, 6.45) is 0.716. The number of aromatic amines is 1. The molecular formula is C17H18ClN3O3. The highest BCUT2D eigenvalue weighted by atomic mass is 35.5. The molecule has 2 amide bonds. The number of morpholine rings is 1. The number of carbonyl (C=O) groups excluding carboxylic acids is 2. The first-order chi connectivity index (χ1) is 11.5. The van der Waals surface area contributed by atoms with Crippen molar-refractivity contribution in [3.63, 3.8) is 0 Å². The molecule has 1 unspecified atom stereocenters. The zero-order valence-electron chi connectivity index (χ0n) is 13.3. The van der Waals surface area contributed by atoms with Gasteiger partial charge in [0, 0.05) is 24.5 Å². The van der Waals surface area contributed by atoms with Crippen molar-refractivity contribution in [3.8, 4) is 0 Å². The minimum Gasteiger partial charge on any atom is -0.361 e. The molecule has 2 aromatic rings. The molecule has 4 rings (SSSR count). The number of benzene rings is 1. The monoisotopic (exact) mass is 347 g/mol. The van der Waals surface area contributed by atoms with E-state index in [-0.39, 0.29) is 18.4 Å². The van der Waals surface area contributed by atoms with E-state index in [1.54, 1.807) is 16.8 Å². The van der Waals surface area contributed by atoms with E-state index in [9.17, 15) is 9.59 Å². The number of amides is 2. The van der Waals surface area contributed by atoms with Crippen LogP contribution in [0.4, 0.5) is 0 Å². The highest BCUT2D eigenvalue weighted by molar-refractivity contribution is 6.38. The van der Waals surface area contributed by atoms with Gasteiger partial charge in [0.25, 0.3) is 5.91 Å². The van der Waals surface area contributed by atoms with Gasteiger partial charge in [0.1, 0.15) is 17.9 Å². The third kappa shape index (κ3) is 2.37. The third-order valence-electron chi connectivity index (χ3n) is 4.91. The number of H-pyrrole nitrogens is 1. The summed E-state index contributed by atoms with van der Waals surface area (Å²) in [5, 5.41) is 1.30. The first-order valence-electron chi connectivity index (χ1n) is 7.92. The van der Waals surface area contributed by atoms with Crippen molar-refractivity contribution in [2.24, 2.45) is 0 Å². The lowest BCUT2D eigenvalue weighted by Crippen LogP contribution is -2.54. The Kier molecular flexibility index (Phi) is 3.54. The van der Waals surface area contributed by atoms with E-state index in [0.717, 1.165) is 10.9 Å². The van der Waals surface area contributed by atoms with Crippen LogP contribution < -0.4 is 0 Å². The molecule has 0 radical (unpaired) electrons. The van der Waals surface area contributed by atoms with Gasteiger partial charge in [-0.05, 0) is 12.5 Å². The molecule has 1 spiro atoms. The fourth-order valence-electron chi connectivity index (χ4n) is 3.57. The van der Waals surface area contributed by atoms with Gasteiger partial charge in [0.05, 0.1) is 18.1 Å². The van der Waals surface area contributed by atoms with Crippen LogP contribution in [0.3, 0.4) is 0 Å². The van der Waals surface area contributed by atoms with Gasteiger partial charge in [0.15, 0.2) is 0 Å². The molecular weight excluding hydrogens is 330 g/mol. The summed E-state index contributed by atoms with van der Waals surface area (Å²) in [6.45, 7) is 1.64. The quantitative estimate of drug-likeness (QED) is 0.856. The summed E-state index contributed by atoms with van der Waals surface area (Å²) in [5.74, 6) is -0.153. The van der Waals surface area contributed by atoms with Crippen LogP contribution in [0.25, 0.3) is 10.9 Å². The summed E-state index contributed by atoms with van der Waals surface area (Å²) in [7, 11) is 1.77. The molecule has 0 aliphatic carbocycles. The Morgan fingerprint density at radius 1 is 1.33 bits per heavy atom. The summed E-state index contributed by atoms with van der Waals surface area (Å²) in [4.78, 5) is 31.0. The number of ether oxygens (including phenoxy) is 1. The lowest BCUT2D eigenvalue weighted by atomic mass is 10.0. The summed E-state index contributed by atoms with van der Waals surface area (Å²) in [5.41, 5.74) is 0.797. The molecule has 2 fully saturated rings. The first kappa shape index (κ1) is 15.5. The molecule has 1 N–H and O–H groups in total. The van der Waals surface area contributed by atoms with E-state index >= 15 is 0 Å². The van der Waals surface area contributed by atoms with Crippen molar-refractivity contribution in [2.75, 3.05) is 33.3 Å². The standard InChI is InChI=1S/C17H18ClN3O3/c1-20-9-17(24-8-13(20)22)6-7-21(10-17)16(23)15-14(18)11-4-2-3-5-12(11)19-15/h2-5,19H,6-10H2,1H3. The van der Waals surface area contributed by atoms with Crippen molar-refractivity contribution in [3.05, 3.63) is 35.0 Å². The van der Waals surface area contributed by atoms with E-state index < -0.39 is 5.60 Å². The summed E-state index contributed by atoms with van der Waals surface area (Å²) >= 11 is 6.39. The van der Waals surface area contributed by atoms with Crippen LogP contribution in [0.15, 0.2) is 24.3 Å². The summed E-state index contributed by atoms with van der Waals surface area (Å²) in [6, 6.07) is 7.58. The van der Waals surface area contributed by atoms with Gasteiger partial charge in [-0.15, -0.1) is 0 Å². The van der Waals surface area contributed by atoms with Crippen LogP contribution in [-0.2, 0) is 9.53 Å². The van der Waals surface area contributed by atoms with Gasteiger partial charge in [-0.25, -0.2) is 0 Å². The number of aromatic nitrogens is 1. The second-order valence-electron chi connectivity index (χ2n) is 6.56. The highest BCUT2D eigenvalue weighted by Crippen LogP contribution is 2.33. The second kappa shape index (κ2) is 5.50. The molecule has 6 nitrogen and oxygen atoms in total. The van der Waals surface area contributed by atoms with Gasteiger partial charge in [0.2, 0.25) is 5.91 Å². The minimum atomic E-state index is -0.461. The molecule has 3 heterocycles. The van der Waals surface area contributed by atoms with Crippen LogP contribution in [0.2, 0.25) is 5.02 Å². The largest absolute Gasteiger partial charge is 0.361 e. The maximum atomic E-state index is 12.9. The summed E-state index contributed by atoms with van der Waals surface area (Å²) < 4.78 is 5.79. The number of hydrogen-bond donors (Lipinski definition) is 1. The fourth-order valence-corrected chi connectivity index (χ4v) is 3.86. The van der Waals surface area contributed by atoms with Crippen molar-refractivity contribution in [2.45, 2.75) is 12.0 Å². The SMILES string of the molecule is CN1CC2(CCN(C(=O)c3[nH]c4ccccc4c3Cl)C2)OCC1=O. The van der Waals surface area contributed by atoms with Crippen molar-refractivity contribution >= 4 is 34.3 Å². The predicted molar refractivity (Wildman–Crippen MR) is 90.1 cm³/mol. The number of halogens is 1. The Balaban J connectivity index is 1.57. The lowest BCUT2D eigenvalue weighted by Gasteiger charge is -2.38. The Morgan fingerprint density at radius 3 is 2.88 bits per heavy atom. The molecule has 7 heteroatoms. The smallest absolute Gasteiger partial charge is 0.271 e. The van der Waals surface area contributed by atoms with E-state index in [1.807, 2.05) is 24.3 Å². The number of likely N-dealkylation sites (tertiary alicyclic amines) is 1. The van der Waals surface area contributed by atoms with Crippen molar-refractivity contribution < 1.29 is 14.3 Å². The van der Waals surface area contributed by atoms with E-state index in [0.29, 0.717) is 36.8 Å². The number of nitrogens with zero attached hydrogens (tertiary/aromatic N) is 2. The second-order valence-corrected chi connectivity index (χ2v) is 6.94. The van der Waals surface area contributed by atoms with Crippen LogP contribution in [-0.4, -0.2) is 65.5 Å². The number of carbonyl (C=O) groups is 2. The first-order valence-corrected chi connectivity index (χ1v) is 8.30. The molecule has 2 aliphatic heterocycles. The van der Waals surface area contributed by atoms with Gasteiger partial charge in [-0.3, -0.25) is 9.59 Å². The minimum absolute atomic E-state index is 0.0240. The Morgan fingerprint density at radius 2 is 2.12 bits per heavy atom. The number of hydrogen-bond acceptors (Lipinski definition) is 3. The average molecular weight is 348 g/mol. The zero-order valence-corrected chi connectivity index (χ0v) is 14.1. The fraction of sp³-hybridized carbons (Fsp3) is 0.412. The molecule has 2 aliphatic rings. The topological polar surface area (TPSA) is 65.6 Å². The predicted octanol–water partition coefficient (Wildman–Crippen LogP) is 1.89. The Labute approximate surface area is 144 Å². The van der Waals surface area contributed by atoms with E-state index in [4.69, 9.17) is 16.3 Å². The maximum absolute atomic E-state index is 12.9.